The first kappa shape index (κ1) is 14.0. The second-order valence-electron chi connectivity index (χ2n) is 6.13. The zero-order valence-electron chi connectivity index (χ0n) is 11.7. The van der Waals surface area contributed by atoms with Crippen molar-refractivity contribution in [3.63, 3.8) is 0 Å². The fourth-order valence-corrected chi connectivity index (χ4v) is 5.13. The Hall–Kier alpha value is -0.910. The number of sulfone groups is 1. The van der Waals surface area contributed by atoms with E-state index in [1.165, 1.54) is 0 Å². The summed E-state index contributed by atoms with van der Waals surface area (Å²) in [5.74, 6) is 0.573. The fourth-order valence-electron chi connectivity index (χ4n) is 3.46. The minimum atomic E-state index is -3.25. The van der Waals surface area contributed by atoms with Gasteiger partial charge in [0.15, 0.2) is 9.84 Å². The van der Waals surface area contributed by atoms with E-state index in [0.717, 1.165) is 19.4 Å². The molecular weight excluding hydrogens is 274 g/mol. The van der Waals surface area contributed by atoms with Crippen LogP contribution < -0.4 is 5.32 Å². The topological polar surface area (TPSA) is 66.4 Å². The maximum atomic E-state index is 12.2. The highest BCUT2D eigenvalue weighted by Gasteiger charge is 2.46. The minimum absolute atomic E-state index is 0.0209. The number of rotatable bonds is 1. The van der Waals surface area contributed by atoms with Gasteiger partial charge in [0.25, 0.3) is 0 Å². The molecule has 3 unspecified atom stereocenters. The normalized spacial score (nSPS) is 36.3. The van der Waals surface area contributed by atoms with Crippen molar-refractivity contribution in [2.24, 2.45) is 5.92 Å². The molecule has 5 heteroatoms. The van der Waals surface area contributed by atoms with Crippen LogP contribution in [0, 0.1) is 5.92 Å². The van der Waals surface area contributed by atoms with Crippen LogP contribution in [0.2, 0.25) is 0 Å². The summed E-state index contributed by atoms with van der Waals surface area (Å²) >= 11 is 0. The predicted molar refractivity (Wildman–Crippen MR) is 77.2 cm³/mol. The van der Waals surface area contributed by atoms with Gasteiger partial charge in [-0.05, 0) is 37.8 Å². The predicted octanol–water partition coefficient (Wildman–Crippen LogP) is 1.44. The third kappa shape index (κ3) is 2.18. The summed E-state index contributed by atoms with van der Waals surface area (Å²) in [6.07, 6.45) is 2.26. The van der Waals surface area contributed by atoms with Gasteiger partial charge in [-0.15, -0.1) is 0 Å². The van der Waals surface area contributed by atoms with Crippen molar-refractivity contribution in [3.05, 3.63) is 29.8 Å². The molecule has 2 N–H and O–H groups in total. The Kier molecular flexibility index (Phi) is 3.39. The van der Waals surface area contributed by atoms with E-state index in [1.54, 1.807) is 24.3 Å². The van der Waals surface area contributed by atoms with Gasteiger partial charge in [-0.3, -0.25) is 0 Å². The number of hydrogen-bond acceptors (Lipinski definition) is 4. The molecule has 3 rings (SSSR count). The smallest absolute Gasteiger partial charge is 0.178 e. The highest BCUT2D eigenvalue weighted by Crippen LogP contribution is 2.41. The lowest BCUT2D eigenvalue weighted by Crippen LogP contribution is -2.54. The monoisotopic (exact) mass is 295 g/mol. The molecule has 1 aromatic carbocycles. The Morgan fingerprint density at radius 1 is 1.35 bits per heavy atom. The van der Waals surface area contributed by atoms with Crippen LogP contribution in [0.25, 0.3) is 0 Å². The van der Waals surface area contributed by atoms with E-state index >= 15 is 0 Å². The van der Waals surface area contributed by atoms with Crippen molar-refractivity contribution < 1.29 is 13.5 Å². The van der Waals surface area contributed by atoms with E-state index in [-0.39, 0.29) is 18.2 Å². The van der Waals surface area contributed by atoms with Gasteiger partial charge in [-0.1, -0.05) is 25.1 Å². The number of hydrogen-bond donors (Lipinski definition) is 2. The summed E-state index contributed by atoms with van der Waals surface area (Å²) in [4.78, 5) is 0.300. The van der Waals surface area contributed by atoms with Crippen LogP contribution in [0.4, 0.5) is 0 Å². The molecule has 1 fully saturated rings. The molecule has 2 heterocycles. The van der Waals surface area contributed by atoms with Crippen LogP contribution in [0.15, 0.2) is 29.2 Å². The minimum Gasteiger partial charge on any atom is -0.383 e. The molecular formula is C15H21NO3S. The lowest BCUT2D eigenvalue weighted by Gasteiger charge is -2.43. The lowest BCUT2D eigenvalue weighted by molar-refractivity contribution is -0.0257. The zero-order chi connectivity index (χ0) is 14.4. The molecule has 20 heavy (non-hydrogen) atoms. The Morgan fingerprint density at radius 2 is 2.10 bits per heavy atom. The van der Waals surface area contributed by atoms with Crippen molar-refractivity contribution in [3.8, 4) is 0 Å². The molecule has 0 bridgehead atoms. The summed E-state index contributed by atoms with van der Waals surface area (Å²) in [6, 6.07) is 6.83. The van der Waals surface area contributed by atoms with E-state index in [2.05, 4.69) is 12.2 Å². The maximum absolute atomic E-state index is 12.2. The third-order valence-corrected chi connectivity index (χ3v) is 6.45. The van der Waals surface area contributed by atoms with Gasteiger partial charge in [-0.2, -0.15) is 0 Å². The van der Waals surface area contributed by atoms with Gasteiger partial charge in [0, 0.05) is 11.6 Å². The van der Waals surface area contributed by atoms with E-state index in [0.29, 0.717) is 16.4 Å². The maximum Gasteiger partial charge on any atom is 0.178 e. The molecule has 0 radical (unpaired) electrons. The van der Waals surface area contributed by atoms with Gasteiger partial charge in [-0.25, -0.2) is 8.42 Å². The Morgan fingerprint density at radius 3 is 2.85 bits per heavy atom. The van der Waals surface area contributed by atoms with Gasteiger partial charge in [0.2, 0.25) is 0 Å². The molecule has 0 aliphatic carbocycles. The number of benzene rings is 1. The van der Waals surface area contributed by atoms with Crippen molar-refractivity contribution in [2.45, 2.75) is 42.7 Å². The van der Waals surface area contributed by atoms with Crippen LogP contribution in [0.5, 0.6) is 0 Å². The number of piperidine rings is 1. The number of aliphatic hydroxyl groups is 1. The molecule has 1 saturated heterocycles. The third-order valence-electron chi connectivity index (χ3n) is 4.68. The molecule has 4 nitrogen and oxygen atoms in total. The van der Waals surface area contributed by atoms with Crippen molar-refractivity contribution in [1.82, 2.24) is 5.32 Å². The lowest BCUT2D eigenvalue weighted by atomic mass is 9.77. The van der Waals surface area contributed by atoms with Crippen LogP contribution in [0.1, 0.15) is 31.7 Å². The highest BCUT2D eigenvalue weighted by atomic mass is 32.2. The molecule has 0 amide bonds. The molecule has 0 spiro atoms. The number of nitrogens with one attached hydrogen (secondary N) is 1. The first-order valence-electron chi connectivity index (χ1n) is 7.21. The highest BCUT2D eigenvalue weighted by molar-refractivity contribution is 7.91. The molecule has 0 saturated carbocycles. The SMILES string of the molecule is CC1CCNC(C2(O)CCS(=O)(=O)c3ccccc32)C1. The van der Waals surface area contributed by atoms with Crippen LogP contribution >= 0.6 is 0 Å². The quantitative estimate of drug-likeness (QED) is 0.823. The second-order valence-corrected chi connectivity index (χ2v) is 8.20. The van der Waals surface area contributed by atoms with Gasteiger partial charge < -0.3 is 10.4 Å². The average Bonchev–Trinajstić information content (AvgIpc) is 2.44. The van der Waals surface area contributed by atoms with Gasteiger partial charge >= 0.3 is 0 Å². The van der Waals surface area contributed by atoms with Crippen molar-refractivity contribution >= 4 is 9.84 Å². The number of fused-ring (bicyclic) bond motifs is 1. The molecule has 2 aliphatic heterocycles. The summed E-state index contributed by atoms with van der Waals surface area (Å²) in [7, 11) is -3.25. The Labute approximate surface area is 120 Å². The van der Waals surface area contributed by atoms with Crippen LogP contribution in [-0.2, 0) is 15.4 Å². The largest absolute Gasteiger partial charge is 0.383 e. The van der Waals surface area contributed by atoms with E-state index in [4.69, 9.17) is 0 Å². The van der Waals surface area contributed by atoms with Gasteiger partial charge in [0.05, 0.1) is 10.6 Å². The Bertz CT molecular complexity index is 613. The first-order valence-corrected chi connectivity index (χ1v) is 8.87. The summed E-state index contributed by atoms with van der Waals surface area (Å²) in [6.45, 7) is 3.06. The van der Waals surface area contributed by atoms with E-state index < -0.39 is 15.4 Å². The summed E-state index contributed by atoms with van der Waals surface area (Å²) in [5.41, 5.74) is -0.505. The average molecular weight is 295 g/mol. The van der Waals surface area contributed by atoms with Crippen molar-refractivity contribution in [1.29, 1.82) is 0 Å². The van der Waals surface area contributed by atoms with Gasteiger partial charge in [0.1, 0.15) is 5.60 Å². The van der Waals surface area contributed by atoms with Crippen LogP contribution in [0.3, 0.4) is 0 Å². The molecule has 110 valence electrons. The van der Waals surface area contributed by atoms with E-state index in [9.17, 15) is 13.5 Å². The molecule has 2 aliphatic rings. The first-order chi connectivity index (χ1) is 9.43. The molecule has 0 aromatic heterocycles. The molecule has 3 atom stereocenters. The zero-order valence-corrected chi connectivity index (χ0v) is 12.5. The van der Waals surface area contributed by atoms with Crippen molar-refractivity contribution in [2.75, 3.05) is 12.3 Å². The standard InChI is InChI=1S/C15H21NO3S/c1-11-6-8-16-14(10-11)15(17)7-9-20(18,19)13-5-3-2-4-12(13)15/h2-5,11,14,16-17H,6-10H2,1H3. The summed E-state index contributed by atoms with van der Waals surface area (Å²) in [5, 5.41) is 14.6. The Balaban J connectivity index is 2.06. The van der Waals surface area contributed by atoms with Crippen LogP contribution in [-0.4, -0.2) is 31.9 Å². The fraction of sp³-hybridized carbons (Fsp3) is 0.600. The second kappa shape index (κ2) is 4.83. The van der Waals surface area contributed by atoms with E-state index in [1.807, 2.05) is 0 Å². The molecule has 1 aromatic rings. The summed E-state index contributed by atoms with van der Waals surface area (Å²) < 4.78 is 24.4.